The first-order chi connectivity index (χ1) is 14.4. The molecule has 2 atom stereocenters. The molecule has 1 aromatic carbocycles. The molecule has 0 spiro atoms. The van der Waals surface area contributed by atoms with E-state index >= 15 is 0 Å². The normalized spacial score (nSPS) is 19.7. The summed E-state index contributed by atoms with van der Waals surface area (Å²) in [6, 6.07) is 9.99. The van der Waals surface area contributed by atoms with Gasteiger partial charge in [-0.05, 0) is 71.0 Å². The standard InChI is InChI=1S/C22H30N4O4S/c1-15-13-26(14-16(2)30-15)20-11-10-19(12-23-20)24-21(27)17-6-8-18(9-7-17)25-31(28,29)22(3,4)5/h6-12,15-16,25H,13-14H2,1-5H3,(H,24,27)/t15-,16+. The molecule has 0 bridgehead atoms. The largest absolute Gasteiger partial charge is 0.372 e. The summed E-state index contributed by atoms with van der Waals surface area (Å²) >= 11 is 0. The number of anilines is 3. The van der Waals surface area contributed by atoms with E-state index in [0.717, 1.165) is 18.9 Å². The van der Waals surface area contributed by atoms with Crippen LogP contribution in [-0.4, -0.2) is 49.4 Å². The van der Waals surface area contributed by atoms with E-state index in [1.54, 1.807) is 51.2 Å². The van der Waals surface area contributed by atoms with Gasteiger partial charge in [-0.3, -0.25) is 9.52 Å². The van der Waals surface area contributed by atoms with Gasteiger partial charge >= 0.3 is 0 Å². The Morgan fingerprint density at radius 1 is 1.03 bits per heavy atom. The van der Waals surface area contributed by atoms with Crippen LogP contribution in [0.1, 0.15) is 45.0 Å². The van der Waals surface area contributed by atoms with E-state index in [1.807, 2.05) is 26.0 Å². The molecule has 1 aliphatic rings. The van der Waals surface area contributed by atoms with Gasteiger partial charge in [0.2, 0.25) is 10.0 Å². The van der Waals surface area contributed by atoms with Crippen molar-refractivity contribution in [1.29, 1.82) is 0 Å². The number of morpholine rings is 1. The van der Waals surface area contributed by atoms with Crippen molar-refractivity contribution in [1.82, 2.24) is 4.98 Å². The first kappa shape index (κ1) is 23.0. The van der Waals surface area contributed by atoms with Gasteiger partial charge in [-0.2, -0.15) is 0 Å². The van der Waals surface area contributed by atoms with Gasteiger partial charge in [0.25, 0.3) is 5.91 Å². The summed E-state index contributed by atoms with van der Waals surface area (Å²) in [6.07, 6.45) is 1.91. The highest BCUT2D eigenvalue weighted by atomic mass is 32.2. The number of hydrogen-bond acceptors (Lipinski definition) is 6. The molecule has 1 aromatic heterocycles. The van der Waals surface area contributed by atoms with Crippen molar-refractivity contribution in [2.24, 2.45) is 0 Å². The summed E-state index contributed by atoms with van der Waals surface area (Å²) in [4.78, 5) is 19.2. The lowest BCUT2D eigenvalue weighted by molar-refractivity contribution is -0.00545. The number of amides is 1. The van der Waals surface area contributed by atoms with Crippen LogP contribution in [0, 0.1) is 0 Å². The summed E-state index contributed by atoms with van der Waals surface area (Å²) in [6.45, 7) is 10.5. The van der Waals surface area contributed by atoms with Gasteiger partial charge in [-0.25, -0.2) is 13.4 Å². The van der Waals surface area contributed by atoms with Crippen molar-refractivity contribution in [3.63, 3.8) is 0 Å². The number of rotatable bonds is 5. The smallest absolute Gasteiger partial charge is 0.255 e. The number of aromatic nitrogens is 1. The van der Waals surface area contributed by atoms with Crippen molar-refractivity contribution in [2.75, 3.05) is 28.0 Å². The number of nitrogens with one attached hydrogen (secondary N) is 2. The first-order valence-electron chi connectivity index (χ1n) is 10.2. The molecular weight excluding hydrogens is 416 g/mol. The van der Waals surface area contributed by atoms with E-state index in [4.69, 9.17) is 4.74 Å². The van der Waals surface area contributed by atoms with Crippen molar-refractivity contribution in [3.05, 3.63) is 48.2 Å². The van der Waals surface area contributed by atoms with Crippen LogP contribution in [0.4, 0.5) is 17.2 Å². The fourth-order valence-electron chi connectivity index (χ4n) is 3.21. The fraction of sp³-hybridized carbons (Fsp3) is 0.455. The molecule has 1 fully saturated rings. The number of carbonyl (C=O) groups excluding carboxylic acids is 1. The predicted molar refractivity (Wildman–Crippen MR) is 123 cm³/mol. The molecule has 8 nitrogen and oxygen atoms in total. The summed E-state index contributed by atoms with van der Waals surface area (Å²) in [5, 5.41) is 2.81. The highest BCUT2D eigenvalue weighted by molar-refractivity contribution is 7.94. The number of hydrogen-bond donors (Lipinski definition) is 2. The van der Waals surface area contributed by atoms with Gasteiger partial charge in [0, 0.05) is 24.3 Å². The molecule has 31 heavy (non-hydrogen) atoms. The van der Waals surface area contributed by atoms with Crippen molar-refractivity contribution >= 4 is 33.1 Å². The van der Waals surface area contributed by atoms with Crippen molar-refractivity contribution in [2.45, 2.75) is 51.6 Å². The zero-order valence-corrected chi connectivity index (χ0v) is 19.4. The summed E-state index contributed by atoms with van der Waals surface area (Å²) < 4.78 is 31.9. The predicted octanol–water partition coefficient (Wildman–Crippen LogP) is 3.49. The van der Waals surface area contributed by atoms with Gasteiger partial charge in [-0.1, -0.05) is 0 Å². The lowest BCUT2D eigenvalue weighted by atomic mass is 10.2. The van der Waals surface area contributed by atoms with Crippen molar-refractivity contribution < 1.29 is 17.9 Å². The Labute approximate surface area is 184 Å². The lowest BCUT2D eigenvalue weighted by Crippen LogP contribution is -2.45. The number of benzene rings is 1. The van der Waals surface area contributed by atoms with E-state index in [2.05, 4.69) is 19.9 Å². The Balaban J connectivity index is 1.62. The molecule has 2 N–H and O–H groups in total. The lowest BCUT2D eigenvalue weighted by Gasteiger charge is -2.36. The second kappa shape index (κ2) is 8.84. The van der Waals surface area contributed by atoms with Gasteiger partial charge < -0.3 is 15.0 Å². The summed E-state index contributed by atoms with van der Waals surface area (Å²) in [5.74, 6) is 0.545. The average molecular weight is 447 g/mol. The molecule has 168 valence electrons. The molecule has 2 aromatic rings. The summed E-state index contributed by atoms with van der Waals surface area (Å²) in [7, 11) is -3.52. The Bertz CT molecular complexity index is 1000. The van der Waals surface area contributed by atoms with Crippen LogP contribution in [-0.2, 0) is 14.8 Å². The molecule has 0 radical (unpaired) electrons. The maximum Gasteiger partial charge on any atom is 0.255 e. The average Bonchev–Trinajstić information content (AvgIpc) is 2.67. The molecule has 2 heterocycles. The minimum absolute atomic E-state index is 0.140. The number of sulfonamides is 1. The molecule has 1 saturated heterocycles. The van der Waals surface area contributed by atoms with E-state index in [-0.39, 0.29) is 18.1 Å². The van der Waals surface area contributed by atoms with Crippen LogP contribution in [0.5, 0.6) is 0 Å². The number of carbonyl (C=O) groups is 1. The van der Waals surface area contributed by atoms with E-state index in [9.17, 15) is 13.2 Å². The van der Waals surface area contributed by atoms with Crippen LogP contribution in [0.2, 0.25) is 0 Å². The second-order valence-corrected chi connectivity index (χ2v) is 11.3. The fourth-order valence-corrected chi connectivity index (χ4v) is 3.97. The second-order valence-electron chi connectivity index (χ2n) is 8.82. The zero-order valence-electron chi connectivity index (χ0n) is 18.5. The Morgan fingerprint density at radius 3 is 2.13 bits per heavy atom. The molecule has 1 aliphatic heterocycles. The number of nitrogens with zero attached hydrogens (tertiary/aromatic N) is 2. The molecule has 9 heteroatoms. The number of pyridine rings is 1. The van der Waals surface area contributed by atoms with Gasteiger partial charge in [0.05, 0.1) is 28.8 Å². The maximum atomic E-state index is 12.5. The zero-order chi connectivity index (χ0) is 22.8. The Hall–Kier alpha value is -2.65. The van der Waals surface area contributed by atoms with Crippen LogP contribution in [0.15, 0.2) is 42.6 Å². The van der Waals surface area contributed by atoms with Gasteiger partial charge in [-0.15, -0.1) is 0 Å². The first-order valence-corrected chi connectivity index (χ1v) is 11.7. The molecule has 0 unspecified atom stereocenters. The molecule has 1 amide bonds. The summed E-state index contributed by atoms with van der Waals surface area (Å²) in [5.41, 5.74) is 1.41. The molecule has 0 saturated carbocycles. The van der Waals surface area contributed by atoms with Gasteiger partial charge in [0.15, 0.2) is 0 Å². The SMILES string of the molecule is C[C@@H]1CN(c2ccc(NC(=O)c3ccc(NS(=O)(=O)C(C)(C)C)cc3)cn2)C[C@H](C)O1. The van der Waals surface area contributed by atoms with Crippen LogP contribution < -0.4 is 14.9 Å². The highest BCUT2D eigenvalue weighted by Gasteiger charge is 2.29. The van der Waals surface area contributed by atoms with Gasteiger partial charge in [0.1, 0.15) is 5.82 Å². The number of ether oxygens (including phenoxy) is 1. The van der Waals surface area contributed by atoms with E-state index < -0.39 is 14.8 Å². The molecule has 0 aliphatic carbocycles. The third-order valence-electron chi connectivity index (χ3n) is 4.95. The molecular formula is C22H30N4O4S. The van der Waals surface area contributed by atoms with Crippen LogP contribution in [0.25, 0.3) is 0 Å². The van der Waals surface area contributed by atoms with Crippen LogP contribution in [0.3, 0.4) is 0 Å². The van der Waals surface area contributed by atoms with Crippen molar-refractivity contribution in [3.8, 4) is 0 Å². The van der Waals surface area contributed by atoms with E-state index in [1.165, 1.54) is 0 Å². The minimum atomic E-state index is -3.52. The third kappa shape index (κ3) is 5.74. The third-order valence-corrected chi connectivity index (χ3v) is 7.07. The van der Waals surface area contributed by atoms with E-state index in [0.29, 0.717) is 16.9 Å². The highest BCUT2D eigenvalue weighted by Crippen LogP contribution is 2.22. The monoisotopic (exact) mass is 446 g/mol. The van der Waals surface area contributed by atoms with Crippen LogP contribution >= 0.6 is 0 Å². The topological polar surface area (TPSA) is 101 Å². The molecule has 3 rings (SSSR count). The quantitative estimate of drug-likeness (QED) is 0.729. The Morgan fingerprint density at radius 2 is 1.61 bits per heavy atom. The maximum absolute atomic E-state index is 12.5. The minimum Gasteiger partial charge on any atom is -0.372 e. The Kier molecular flexibility index (Phi) is 6.56.